The molecule has 1 unspecified atom stereocenters. The Bertz CT molecular complexity index is 776. The molecule has 0 fully saturated rings. The highest BCUT2D eigenvalue weighted by atomic mass is 32.2. The van der Waals surface area contributed by atoms with Gasteiger partial charge in [-0.25, -0.2) is 4.79 Å². The molecule has 0 aliphatic rings. The van der Waals surface area contributed by atoms with Gasteiger partial charge in [0.25, 0.3) is 5.91 Å². The van der Waals surface area contributed by atoms with E-state index in [-0.39, 0.29) is 11.5 Å². The van der Waals surface area contributed by atoms with Crippen molar-refractivity contribution in [1.29, 1.82) is 0 Å². The molecule has 0 heterocycles. The van der Waals surface area contributed by atoms with E-state index in [1.54, 1.807) is 30.3 Å². The lowest BCUT2D eigenvalue weighted by Gasteiger charge is -2.13. The molecule has 2 aromatic rings. The Morgan fingerprint density at radius 2 is 1.73 bits per heavy atom. The van der Waals surface area contributed by atoms with Crippen molar-refractivity contribution in [2.45, 2.75) is 30.7 Å². The van der Waals surface area contributed by atoms with Crippen LogP contribution in [0.15, 0.2) is 59.5 Å². The Hall–Kier alpha value is -2.60. The standard InChI is InChI=1S/C20H21NO4S/c1-2-7-17(20(24)25)21-19(23)15-10-6-11-16(12-15)26-13-18(22)14-8-4-3-5-9-14/h3-6,8-12,17H,2,7,13H2,1H3,(H,21,23)(H,24,25). The molecular weight excluding hydrogens is 350 g/mol. The van der Waals surface area contributed by atoms with E-state index in [4.69, 9.17) is 5.11 Å². The monoisotopic (exact) mass is 371 g/mol. The van der Waals surface area contributed by atoms with E-state index in [1.807, 2.05) is 31.2 Å². The van der Waals surface area contributed by atoms with E-state index in [0.29, 0.717) is 24.0 Å². The normalized spacial score (nSPS) is 11.6. The van der Waals surface area contributed by atoms with Crippen LogP contribution in [0, 0.1) is 0 Å². The van der Waals surface area contributed by atoms with Gasteiger partial charge in [0.15, 0.2) is 5.78 Å². The number of carboxylic acids is 1. The highest BCUT2D eigenvalue weighted by Crippen LogP contribution is 2.20. The molecule has 0 aliphatic carbocycles. The van der Waals surface area contributed by atoms with E-state index in [9.17, 15) is 14.4 Å². The van der Waals surface area contributed by atoms with E-state index in [1.165, 1.54) is 11.8 Å². The third kappa shape index (κ3) is 5.74. The number of hydrogen-bond acceptors (Lipinski definition) is 4. The number of carbonyl (C=O) groups excluding carboxylic acids is 2. The Morgan fingerprint density at radius 3 is 2.38 bits per heavy atom. The van der Waals surface area contributed by atoms with E-state index in [0.717, 1.165) is 4.90 Å². The average molecular weight is 371 g/mol. The quantitative estimate of drug-likeness (QED) is 0.519. The summed E-state index contributed by atoms with van der Waals surface area (Å²) in [7, 11) is 0. The van der Waals surface area contributed by atoms with Gasteiger partial charge in [0.05, 0.1) is 5.75 Å². The third-order valence-corrected chi connectivity index (χ3v) is 4.74. The fourth-order valence-corrected chi connectivity index (χ4v) is 3.22. The second-order valence-electron chi connectivity index (χ2n) is 5.76. The summed E-state index contributed by atoms with van der Waals surface area (Å²) in [5.41, 5.74) is 1.03. The summed E-state index contributed by atoms with van der Waals surface area (Å²) in [5, 5.41) is 11.7. The maximum absolute atomic E-state index is 12.3. The largest absolute Gasteiger partial charge is 0.480 e. The minimum atomic E-state index is -1.04. The molecule has 0 radical (unpaired) electrons. The summed E-state index contributed by atoms with van der Waals surface area (Å²) in [6, 6.07) is 15.0. The van der Waals surface area contributed by atoms with Crippen molar-refractivity contribution < 1.29 is 19.5 Å². The molecule has 2 N–H and O–H groups in total. The first-order chi connectivity index (χ1) is 12.5. The minimum absolute atomic E-state index is 0.0133. The summed E-state index contributed by atoms with van der Waals surface area (Å²) in [6.45, 7) is 1.86. The maximum atomic E-state index is 12.3. The summed E-state index contributed by atoms with van der Waals surface area (Å²) in [6.07, 6.45) is 1.04. The summed E-state index contributed by atoms with van der Waals surface area (Å²) in [5.74, 6) is -1.19. The van der Waals surface area contributed by atoms with Gasteiger partial charge < -0.3 is 10.4 Å². The van der Waals surface area contributed by atoms with Crippen LogP contribution in [0.5, 0.6) is 0 Å². The molecule has 1 atom stereocenters. The molecule has 2 rings (SSSR count). The van der Waals surface area contributed by atoms with E-state index < -0.39 is 17.9 Å². The molecule has 0 saturated heterocycles. The number of benzene rings is 2. The highest BCUT2D eigenvalue weighted by molar-refractivity contribution is 8.00. The number of carbonyl (C=O) groups is 3. The summed E-state index contributed by atoms with van der Waals surface area (Å²) >= 11 is 1.34. The van der Waals surface area contributed by atoms with Crippen molar-refractivity contribution in [3.8, 4) is 0 Å². The van der Waals surface area contributed by atoms with Crippen molar-refractivity contribution in [2.24, 2.45) is 0 Å². The molecule has 5 nitrogen and oxygen atoms in total. The number of aliphatic carboxylic acids is 1. The van der Waals surface area contributed by atoms with Gasteiger partial charge >= 0.3 is 5.97 Å². The van der Waals surface area contributed by atoms with E-state index >= 15 is 0 Å². The molecule has 0 spiro atoms. The lowest BCUT2D eigenvalue weighted by molar-refractivity contribution is -0.139. The molecule has 0 bridgehead atoms. The van der Waals surface area contributed by atoms with Crippen molar-refractivity contribution >= 4 is 29.4 Å². The van der Waals surface area contributed by atoms with Crippen molar-refractivity contribution in [3.05, 3.63) is 65.7 Å². The molecule has 26 heavy (non-hydrogen) atoms. The number of rotatable bonds is 9. The number of thioether (sulfide) groups is 1. The number of nitrogens with one attached hydrogen (secondary N) is 1. The van der Waals surface area contributed by atoms with Gasteiger partial charge in [-0.15, -0.1) is 11.8 Å². The van der Waals surface area contributed by atoms with Gasteiger partial charge in [-0.2, -0.15) is 0 Å². The first kappa shape index (κ1) is 19.7. The minimum Gasteiger partial charge on any atom is -0.480 e. The van der Waals surface area contributed by atoms with Crippen LogP contribution in [0.2, 0.25) is 0 Å². The zero-order valence-electron chi connectivity index (χ0n) is 14.5. The van der Waals surface area contributed by atoms with Gasteiger partial charge in [-0.05, 0) is 24.6 Å². The predicted molar refractivity (Wildman–Crippen MR) is 102 cm³/mol. The molecular formula is C20H21NO4S. The smallest absolute Gasteiger partial charge is 0.326 e. The number of ketones is 1. The molecule has 0 aliphatic heterocycles. The van der Waals surface area contributed by atoms with E-state index in [2.05, 4.69) is 5.32 Å². The molecule has 2 aromatic carbocycles. The SMILES string of the molecule is CCCC(NC(=O)c1cccc(SCC(=O)c2ccccc2)c1)C(=O)O. The first-order valence-corrected chi connectivity index (χ1v) is 9.34. The summed E-state index contributed by atoms with van der Waals surface area (Å²) in [4.78, 5) is 36.4. The number of Topliss-reactive ketones (excluding diaryl/α,β-unsaturated/α-hetero) is 1. The van der Waals surface area contributed by atoms with Gasteiger partial charge in [-0.1, -0.05) is 49.7 Å². The number of carboxylic acid groups (broad SMARTS) is 1. The number of amides is 1. The van der Waals surface area contributed by atoms with Crippen LogP contribution in [0.4, 0.5) is 0 Å². The maximum Gasteiger partial charge on any atom is 0.326 e. The third-order valence-electron chi connectivity index (χ3n) is 3.74. The number of hydrogen-bond donors (Lipinski definition) is 2. The van der Waals surface area contributed by atoms with Crippen LogP contribution in [0.3, 0.4) is 0 Å². The van der Waals surface area contributed by atoms with Crippen LogP contribution < -0.4 is 5.32 Å². The van der Waals surface area contributed by atoms with Gasteiger partial charge in [0.2, 0.25) is 0 Å². The zero-order valence-corrected chi connectivity index (χ0v) is 15.3. The second kappa shape index (κ2) is 9.77. The first-order valence-electron chi connectivity index (χ1n) is 8.36. The van der Waals surface area contributed by atoms with Gasteiger partial charge in [0, 0.05) is 16.0 Å². The van der Waals surface area contributed by atoms with Crippen LogP contribution in [-0.2, 0) is 4.79 Å². The highest BCUT2D eigenvalue weighted by Gasteiger charge is 2.19. The zero-order chi connectivity index (χ0) is 18.9. The molecule has 6 heteroatoms. The second-order valence-corrected chi connectivity index (χ2v) is 6.81. The molecule has 0 saturated carbocycles. The lowest BCUT2D eigenvalue weighted by atomic mass is 10.1. The Balaban J connectivity index is 1.99. The lowest BCUT2D eigenvalue weighted by Crippen LogP contribution is -2.40. The molecule has 136 valence electrons. The topological polar surface area (TPSA) is 83.5 Å². The van der Waals surface area contributed by atoms with Gasteiger partial charge in [0.1, 0.15) is 6.04 Å². The Morgan fingerprint density at radius 1 is 1.04 bits per heavy atom. The van der Waals surface area contributed by atoms with Crippen molar-refractivity contribution in [1.82, 2.24) is 5.32 Å². The summed E-state index contributed by atoms with van der Waals surface area (Å²) < 4.78 is 0. The van der Waals surface area contributed by atoms with Crippen LogP contribution in [0.1, 0.15) is 40.5 Å². The fourth-order valence-electron chi connectivity index (χ4n) is 2.37. The Kier molecular flexibility index (Phi) is 7.41. The van der Waals surface area contributed by atoms with Crippen LogP contribution in [-0.4, -0.2) is 34.6 Å². The predicted octanol–water partition coefficient (Wildman–Crippen LogP) is 3.64. The van der Waals surface area contributed by atoms with Crippen molar-refractivity contribution in [3.63, 3.8) is 0 Å². The molecule has 1 amide bonds. The fraction of sp³-hybridized carbons (Fsp3) is 0.250. The Labute approximate surface area is 156 Å². The average Bonchev–Trinajstić information content (AvgIpc) is 2.66. The van der Waals surface area contributed by atoms with Gasteiger partial charge in [-0.3, -0.25) is 9.59 Å². The van der Waals surface area contributed by atoms with Crippen LogP contribution in [0.25, 0.3) is 0 Å². The van der Waals surface area contributed by atoms with Crippen LogP contribution >= 0.6 is 11.8 Å². The molecule has 0 aromatic heterocycles. The van der Waals surface area contributed by atoms with Crippen molar-refractivity contribution in [2.75, 3.05) is 5.75 Å².